The van der Waals surface area contributed by atoms with E-state index in [2.05, 4.69) is 10.6 Å². The van der Waals surface area contributed by atoms with Crippen molar-refractivity contribution in [3.05, 3.63) is 54.7 Å². The Morgan fingerprint density at radius 1 is 1.17 bits per heavy atom. The fourth-order valence-corrected chi connectivity index (χ4v) is 1.75. The van der Waals surface area contributed by atoms with Crippen LogP contribution in [0.2, 0.25) is 0 Å². The Morgan fingerprint density at radius 3 is 2.78 bits per heavy atom. The second-order valence-electron chi connectivity index (χ2n) is 3.94. The first-order valence-electron chi connectivity index (χ1n) is 6.01. The number of carbonyl (C=O) groups excluding carboxylic acids is 1. The number of urea groups is 1. The summed E-state index contributed by atoms with van der Waals surface area (Å²) < 4.78 is 0. The van der Waals surface area contributed by atoms with Crippen molar-refractivity contribution >= 4 is 22.5 Å². The highest BCUT2D eigenvalue weighted by Gasteiger charge is 2.03. The smallest absolute Gasteiger partial charge is 0.315 e. The first kappa shape index (κ1) is 12.2. The van der Waals surface area contributed by atoms with Crippen LogP contribution in [0.5, 0.6) is 0 Å². The summed E-state index contributed by atoms with van der Waals surface area (Å²) in [6, 6.07) is 13.6. The Balaban J connectivity index is 2.16. The lowest BCUT2D eigenvalue weighted by atomic mass is 10.1. The zero-order valence-electron chi connectivity index (χ0n) is 10.3. The number of hydrogen-bond acceptors (Lipinski definition) is 1. The summed E-state index contributed by atoms with van der Waals surface area (Å²) in [5, 5.41) is 7.66. The van der Waals surface area contributed by atoms with Crippen molar-refractivity contribution in [3.63, 3.8) is 0 Å². The van der Waals surface area contributed by atoms with Crippen LogP contribution in [-0.4, -0.2) is 6.03 Å². The zero-order valence-corrected chi connectivity index (χ0v) is 10.3. The third kappa shape index (κ3) is 2.88. The van der Waals surface area contributed by atoms with Gasteiger partial charge in [-0.15, -0.1) is 0 Å². The van der Waals surface area contributed by atoms with Crippen molar-refractivity contribution in [2.45, 2.75) is 13.3 Å². The fraction of sp³-hybridized carbons (Fsp3) is 0.133. The van der Waals surface area contributed by atoms with Gasteiger partial charge in [0.05, 0.1) is 5.69 Å². The van der Waals surface area contributed by atoms with Gasteiger partial charge in [-0.1, -0.05) is 49.4 Å². The highest BCUT2D eigenvalue weighted by atomic mass is 16.2. The molecule has 0 bridgehead atoms. The molecule has 0 saturated carbocycles. The minimum atomic E-state index is -0.226. The van der Waals surface area contributed by atoms with E-state index in [1.165, 1.54) is 0 Å². The summed E-state index contributed by atoms with van der Waals surface area (Å²) in [6.45, 7) is 2.01. The van der Waals surface area contributed by atoms with Crippen LogP contribution in [0, 0.1) is 0 Å². The Labute approximate surface area is 107 Å². The number of allylic oxidation sites excluding steroid dienone is 1. The summed E-state index contributed by atoms with van der Waals surface area (Å²) in [4.78, 5) is 11.7. The molecule has 0 spiro atoms. The van der Waals surface area contributed by atoms with Gasteiger partial charge in [0, 0.05) is 11.6 Å². The third-order valence-corrected chi connectivity index (χ3v) is 2.61. The van der Waals surface area contributed by atoms with Crippen LogP contribution in [0.4, 0.5) is 10.5 Å². The van der Waals surface area contributed by atoms with E-state index in [4.69, 9.17) is 0 Å². The molecule has 0 aliphatic carbocycles. The average Bonchev–Trinajstić information content (AvgIpc) is 2.39. The fourth-order valence-electron chi connectivity index (χ4n) is 1.75. The van der Waals surface area contributed by atoms with E-state index < -0.39 is 0 Å². The van der Waals surface area contributed by atoms with Crippen LogP contribution < -0.4 is 10.6 Å². The molecule has 2 aromatic rings. The minimum Gasteiger partial charge on any atom is -0.315 e. The number of amides is 2. The van der Waals surface area contributed by atoms with Gasteiger partial charge in [-0.3, -0.25) is 0 Å². The second-order valence-corrected chi connectivity index (χ2v) is 3.94. The SMILES string of the molecule is CC/C=C/NC(=O)Nc1cccc2ccccc12. The summed E-state index contributed by atoms with van der Waals surface area (Å²) in [7, 11) is 0. The molecule has 0 heterocycles. The normalized spacial score (nSPS) is 10.7. The molecule has 0 unspecified atom stereocenters. The van der Waals surface area contributed by atoms with Gasteiger partial charge < -0.3 is 10.6 Å². The molecule has 0 fully saturated rings. The van der Waals surface area contributed by atoms with Crippen LogP contribution in [0.1, 0.15) is 13.3 Å². The molecule has 0 saturated heterocycles. The van der Waals surface area contributed by atoms with E-state index >= 15 is 0 Å². The maximum Gasteiger partial charge on any atom is 0.323 e. The van der Waals surface area contributed by atoms with E-state index in [0.717, 1.165) is 22.9 Å². The van der Waals surface area contributed by atoms with E-state index in [1.807, 2.05) is 55.5 Å². The maximum atomic E-state index is 11.7. The summed E-state index contributed by atoms with van der Waals surface area (Å²) in [5.41, 5.74) is 0.815. The second kappa shape index (κ2) is 5.87. The van der Waals surface area contributed by atoms with Crippen LogP contribution >= 0.6 is 0 Å². The predicted octanol–water partition coefficient (Wildman–Crippen LogP) is 3.89. The molecule has 0 radical (unpaired) electrons. The van der Waals surface area contributed by atoms with Crippen molar-refractivity contribution < 1.29 is 4.79 Å². The third-order valence-electron chi connectivity index (χ3n) is 2.61. The number of benzene rings is 2. The Bertz CT molecular complexity index is 570. The number of nitrogens with one attached hydrogen (secondary N) is 2. The van der Waals surface area contributed by atoms with Gasteiger partial charge in [0.2, 0.25) is 0 Å². The van der Waals surface area contributed by atoms with E-state index in [0.29, 0.717) is 0 Å². The number of rotatable bonds is 3. The Morgan fingerprint density at radius 2 is 1.94 bits per heavy atom. The summed E-state index contributed by atoms with van der Waals surface area (Å²) in [6.07, 6.45) is 4.44. The van der Waals surface area contributed by atoms with Crippen molar-refractivity contribution in [1.82, 2.24) is 5.32 Å². The number of fused-ring (bicyclic) bond motifs is 1. The van der Waals surface area contributed by atoms with Crippen LogP contribution in [-0.2, 0) is 0 Å². The first-order valence-corrected chi connectivity index (χ1v) is 6.01. The van der Waals surface area contributed by atoms with Gasteiger partial charge >= 0.3 is 6.03 Å². The quantitative estimate of drug-likeness (QED) is 0.839. The van der Waals surface area contributed by atoms with Crippen LogP contribution in [0.3, 0.4) is 0 Å². The molecule has 3 heteroatoms. The Hall–Kier alpha value is -2.29. The standard InChI is InChI=1S/C15H16N2O/c1-2-3-11-16-15(18)17-14-10-6-8-12-7-4-5-9-13(12)14/h3-11H,2H2,1H3,(H2,16,17,18)/b11-3+. The topological polar surface area (TPSA) is 41.1 Å². The van der Waals surface area contributed by atoms with Gasteiger partial charge in [-0.25, -0.2) is 4.79 Å². The number of carbonyl (C=O) groups is 1. The molecule has 2 N–H and O–H groups in total. The molecule has 2 amide bonds. The van der Waals surface area contributed by atoms with Gasteiger partial charge in [0.15, 0.2) is 0 Å². The van der Waals surface area contributed by atoms with Crippen LogP contribution in [0.15, 0.2) is 54.7 Å². The summed E-state index contributed by atoms with van der Waals surface area (Å²) in [5.74, 6) is 0. The number of hydrogen-bond donors (Lipinski definition) is 2. The minimum absolute atomic E-state index is 0.226. The molecular weight excluding hydrogens is 224 g/mol. The highest BCUT2D eigenvalue weighted by Crippen LogP contribution is 2.22. The van der Waals surface area contributed by atoms with Gasteiger partial charge in [-0.05, 0) is 17.9 Å². The van der Waals surface area contributed by atoms with Crippen molar-refractivity contribution in [1.29, 1.82) is 0 Å². The molecule has 0 aliphatic rings. The molecular formula is C15H16N2O. The lowest BCUT2D eigenvalue weighted by Gasteiger charge is -2.08. The largest absolute Gasteiger partial charge is 0.323 e. The lowest BCUT2D eigenvalue weighted by Crippen LogP contribution is -2.23. The Kier molecular flexibility index (Phi) is 3.97. The first-order chi connectivity index (χ1) is 8.81. The van der Waals surface area contributed by atoms with Crippen LogP contribution in [0.25, 0.3) is 10.8 Å². The summed E-state index contributed by atoms with van der Waals surface area (Å²) >= 11 is 0. The predicted molar refractivity (Wildman–Crippen MR) is 75.5 cm³/mol. The maximum absolute atomic E-state index is 11.7. The van der Waals surface area contributed by atoms with Gasteiger partial charge in [0.1, 0.15) is 0 Å². The molecule has 18 heavy (non-hydrogen) atoms. The van der Waals surface area contributed by atoms with Crippen molar-refractivity contribution in [3.8, 4) is 0 Å². The molecule has 0 atom stereocenters. The van der Waals surface area contributed by atoms with Crippen molar-refractivity contribution in [2.75, 3.05) is 5.32 Å². The highest BCUT2D eigenvalue weighted by molar-refractivity contribution is 6.01. The molecule has 2 rings (SSSR count). The zero-order chi connectivity index (χ0) is 12.8. The van der Waals surface area contributed by atoms with Gasteiger partial charge in [-0.2, -0.15) is 0 Å². The van der Waals surface area contributed by atoms with E-state index in [-0.39, 0.29) is 6.03 Å². The molecule has 3 nitrogen and oxygen atoms in total. The lowest BCUT2D eigenvalue weighted by molar-refractivity contribution is 0.255. The molecule has 92 valence electrons. The molecule has 2 aromatic carbocycles. The monoisotopic (exact) mass is 240 g/mol. The van der Waals surface area contributed by atoms with E-state index in [9.17, 15) is 4.79 Å². The average molecular weight is 240 g/mol. The molecule has 0 aromatic heterocycles. The van der Waals surface area contributed by atoms with E-state index in [1.54, 1.807) is 6.20 Å². The number of anilines is 1. The van der Waals surface area contributed by atoms with Gasteiger partial charge in [0.25, 0.3) is 0 Å². The van der Waals surface area contributed by atoms with Crippen molar-refractivity contribution in [2.24, 2.45) is 0 Å². The molecule has 0 aliphatic heterocycles.